The molecule has 1 saturated heterocycles. The standard InChI is InChI=1S/C23H27NO4/c1-23(2,3)19-14-28-21(24-19)17-10-7-11-18(25-4)20(17)15-8-5-6-9-16(15)22-26-12-13-27-22/h5-11,19,22H,12-14H2,1-4H3. The van der Waals surface area contributed by atoms with E-state index in [1.807, 2.05) is 36.4 Å². The fourth-order valence-electron chi connectivity index (χ4n) is 3.59. The largest absolute Gasteiger partial charge is 0.496 e. The number of hydrogen-bond acceptors (Lipinski definition) is 5. The third-order valence-corrected chi connectivity index (χ3v) is 5.23. The number of nitrogens with zero attached hydrogens (tertiary/aromatic N) is 1. The van der Waals surface area contributed by atoms with Crippen molar-refractivity contribution in [3.63, 3.8) is 0 Å². The van der Waals surface area contributed by atoms with Crippen molar-refractivity contribution in [2.75, 3.05) is 26.9 Å². The van der Waals surface area contributed by atoms with Crippen LogP contribution in [0, 0.1) is 5.41 Å². The van der Waals surface area contributed by atoms with Crippen LogP contribution < -0.4 is 4.74 Å². The van der Waals surface area contributed by atoms with Crippen molar-refractivity contribution in [1.82, 2.24) is 0 Å². The summed E-state index contributed by atoms with van der Waals surface area (Å²) in [5.74, 6) is 1.44. The monoisotopic (exact) mass is 381 g/mol. The van der Waals surface area contributed by atoms with E-state index in [-0.39, 0.29) is 17.7 Å². The second-order valence-corrected chi connectivity index (χ2v) is 8.17. The molecule has 2 aromatic carbocycles. The van der Waals surface area contributed by atoms with Crippen LogP contribution >= 0.6 is 0 Å². The molecule has 2 heterocycles. The topological polar surface area (TPSA) is 49.3 Å². The van der Waals surface area contributed by atoms with Crippen LogP contribution in [0.4, 0.5) is 0 Å². The van der Waals surface area contributed by atoms with Crippen LogP contribution in [0.15, 0.2) is 47.5 Å². The van der Waals surface area contributed by atoms with Gasteiger partial charge in [-0.2, -0.15) is 0 Å². The molecule has 2 aliphatic rings. The minimum atomic E-state index is -0.372. The Kier molecular flexibility index (Phi) is 5.13. The molecule has 0 N–H and O–H groups in total. The molecule has 4 rings (SSSR count). The number of hydrogen-bond donors (Lipinski definition) is 0. The van der Waals surface area contributed by atoms with Crippen molar-refractivity contribution in [1.29, 1.82) is 0 Å². The summed E-state index contributed by atoms with van der Waals surface area (Å²) in [6.07, 6.45) is -0.372. The first kappa shape index (κ1) is 19.0. The lowest BCUT2D eigenvalue weighted by atomic mass is 9.88. The Hall–Kier alpha value is -2.37. The molecule has 1 fully saturated rings. The van der Waals surface area contributed by atoms with E-state index in [9.17, 15) is 0 Å². The van der Waals surface area contributed by atoms with Gasteiger partial charge in [0.05, 0.1) is 26.4 Å². The van der Waals surface area contributed by atoms with Crippen molar-refractivity contribution in [2.45, 2.75) is 33.1 Å². The van der Waals surface area contributed by atoms with Crippen LogP contribution in [0.2, 0.25) is 0 Å². The van der Waals surface area contributed by atoms with Gasteiger partial charge >= 0.3 is 0 Å². The van der Waals surface area contributed by atoms with E-state index < -0.39 is 0 Å². The van der Waals surface area contributed by atoms with E-state index in [1.54, 1.807) is 7.11 Å². The molecule has 1 unspecified atom stereocenters. The molecule has 1 atom stereocenters. The number of rotatable bonds is 4. The predicted octanol–water partition coefficient (Wildman–Crippen LogP) is 4.60. The summed E-state index contributed by atoms with van der Waals surface area (Å²) < 4.78 is 23.3. The number of ether oxygens (including phenoxy) is 4. The third-order valence-electron chi connectivity index (χ3n) is 5.23. The van der Waals surface area contributed by atoms with Gasteiger partial charge in [-0.05, 0) is 23.1 Å². The van der Waals surface area contributed by atoms with Crippen molar-refractivity contribution >= 4 is 5.90 Å². The zero-order chi connectivity index (χ0) is 19.7. The Morgan fingerprint density at radius 2 is 1.68 bits per heavy atom. The highest BCUT2D eigenvalue weighted by molar-refractivity contribution is 6.03. The highest BCUT2D eigenvalue weighted by Gasteiger charge is 2.33. The van der Waals surface area contributed by atoms with E-state index in [4.69, 9.17) is 23.9 Å². The van der Waals surface area contributed by atoms with Gasteiger partial charge in [0.25, 0.3) is 0 Å². The molecule has 0 bridgehead atoms. The first-order valence-corrected chi connectivity index (χ1v) is 9.69. The molecule has 28 heavy (non-hydrogen) atoms. The lowest BCUT2D eigenvalue weighted by Crippen LogP contribution is -2.25. The van der Waals surface area contributed by atoms with E-state index in [0.717, 1.165) is 28.0 Å². The highest BCUT2D eigenvalue weighted by Crippen LogP contribution is 2.41. The quantitative estimate of drug-likeness (QED) is 0.777. The average Bonchev–Trinajstić information content (AvgIpc) is 3.39. The van der Waals surface area contributed by atoms with Crippen molar-refractivity contribution in [3.05, 3.63) is 53.6 Å². The van der Waals surface area contributed by atoms with Gasteiger partial charge in [0.1, 0.15) is 12.4 Å². The van der Waals surface area contributed by atoms with Crippen LogP contribution in [0.25, 0.3) is 11.1 Å². The van der Waals surface area contributed by atoms with Crippen molar-refractivity contribution < 1.29 is 18.9 Å². The molecule has 0 saturated carbocycles. The van der Waals surface area contributed by atoms with Gasteiger partial charge in [0.2, 0.25) is 5.90 Å². The lowest BCUT2D eigenvalue weighted by Gasteiger charge is -2.21. The molecule has 5 heteroatoms. The van der Waals surface area contributed by atoms with E-state index >= 15 is 0 Å². The van der Waals surface area contributed by atoms with Gasteiger partial charge in [0.15, 0.2) is 6.29 Å². The van der Waals surface area contributed by atoms with Gasteiger partial charge in [-0.1, -0.05) is 51.1 Å². The maximum absolute atomic E-state index is 6.04. The van der Waals surface area contributed by atoms with Crippen molar-refractivity contribution in [3.8, 4) is 16.9 Å². The SMILES string of the molecule is COc1cccc(C2=NC(C(C)(C)C)CO2)c1-c1ccccc1C1OCCO1. The zero-order valence-corrected chi connectivity index (χ0v) is 16.9. The molecule has 0 aromatic heterocycles. The van der Waals surface area contributed by atoms with Gasteiger partial charge in [-0.15, -0.1) is 0 Å². The van der Waals surface area contributed by atoms with E-state index in [2.05, 4.69) is 26.8 Å². The first-order chi connectivity index (χ1) is 13.5. The molecule has 5 nitrogen and oxygen atoms in total. The van der Waals surface area contributed by atoms with Gasteiger partial charge < -0.3 is 18.9 Å². The summed E-state index contributed by atoms with van der Waals surface area (Å²) >= 11 is 0. The lowest BCUT2D eigenvalue weighted by molar-refractivity contribution is -0.0436. The molecular weight excluding hydrogens is 354 g/mol. The Morgan fingerprint density at radius 3 is 2.36 bits per heavy atom. The van der Waals surface area contributed by atoms with E-state index in [1.165, 1.54) is 0 Å². The fraction of sp³-hybridized carbons (Fsp3) is 0.435. The predicted molar refractivity (Wildman–Crippen MR) is 109 cm³/mol. The van der Waals surface area contributed by atoms with Gasteiger partial charge in [-0.25, -0.2) is 4.99 Å². The summed E-state index contributed by atoms with van der Waals surface area (Å²) in [5, 5.41) is 0. The molecule has 2 aliphatic heterocycles. The molecule has 0 aliphatic carbocycles. The first-order valence-electron chi connectivity index (χ1n) is 9.69. The van der Waals surface area contributed by atoms with Gasteiger partial charge in [-0.3, -0.25) is 0 Å². The van der Waals surface area contributed by atoms with Crippen LogP contribution in [-0.4, -0.2) is 38.9 Å². The maximum Gasteiger partial charge on any atom is 0.217 e. The minimum Gasteiger partial charge on any atom is -0.496 e. The fourth-order valence-corrected chi connectivity index (χ4v) is 3.59. The second kappa shape index (κ2) is 7.57. The Balaban J connectivity index is 1.85. The summed E-state index contributed by atoms with van der Waals surface area (Å²) in [7, 11) is 1.68. The summed E-state index contributed by atoms with van der Waals surface area (Å²) in [4.78, 5) is 4.89. The average molecular weight is 381 g/mol. The smallest absolute Gasteiger partial charge is 0.217 e. The highest BCUT2D eigenvalue weighted by atomic mass is 16.7. The second-order valence-electron chi connectivity index (χ2n) is 8.17. The molecule has 2 aromatic rings. The Labute approximate surface area is 166 Å². The third kappa shape index (κ3) is 3.52. The molecule has 0 spiro atoms. The van der Waals surface area contributed by atoms with Crippen LogP contribution in [0.1, 0.15) is 38.2 Å². The Morgan fingerprint density at radius 1 is 0.964 bits per heavy atom. The van der Waals surface area contributed by atoms with Gasteiger partial charge in [0, 0.05) is 16.7 Å². The van der Waals surface area contributed by atoms with E-state index in [0.29, 0.717) is 25.7 Å². The Bertz CT molecular complexity index is 878. The number of benzene rings is 2. The molecule has 0 radical (unpaired) electrons. The molecule has 0 amide bonds. The molecular formula is C23H27NO4. The minimum absolute atomic E-state index is 0.0458. The zero-order valence-electron chi connectivity index (χ0n) is 16.9. The van der Waals surface area contributed by atoms with Crippen LogP contribution in [0.5, 0.6) is 5.75 Å². The maximum atomic E-state index is 6.04. The van der Waals surface area contributed by atoms with Crippen molar-refractivity contribution in [2.24, 2.45) is 10.4 Å². The summed E-state index contributed by atoms with van der Waals surface area (Å²) in [6.45, 7) is 8.34. The van der Waals surface area contributed by atoms with Crippen LogP contribution in [-0.2, 0) is 14.2 Å². The summed E-state index contributed by atoms with van der Waals surface area (Å²) in [6, 6.07) is 14.2. The molecule has 148 valence electrons. The number of aliphatic imine (C=N–C) groups is 1. The summed E-state index contributed by atoms with van der Waals surface area (Å²) in [5.41, 5.74) is 3.91. The normalized spacial score (nSPS) is 20.1. The number of methoxy groups -OCH3 is 1. The van der Waals surface area contributed by atoms with Crippen LogP contribution in [0.3, 0.4) is 0 Å².